The van der Waals surface area contributed by atoms with Gasteiger partial charge in [-0.1, -0.05) is 35.3 Å². The maximum Gasteiger partial charge on any atom is 0.328 e. The second-order valence-corrected chi connectivity index (χ2v) is 7.21. The molecule has 0 radical (unpaired) electrons. The van der Waals surface area contributed by atoms with E-state index in [1.165, 1.54) is 6.08 Å². The van der Waals surface area contributed by atoms with Crippen LogP contribution in [0.5, 0.6) is 5.75 Å². The van der Waals surface area contributed by atoms with Gasteiger partial charge in [0.15, 0.2) is 0 Å². The number of imide groups is 2. The topological polar surface area (TPSA) is 84.5 Å². The number of carbonyl (C=O) groups is 3. The van der Waals surface area contributed by atoms with Crippen LogP contribution in [-0.4, -0.2) is 17.8 Å². The maximum atomic E-state index is 11.8. The molecule has 1 saturated heterocycles. The van der Waals surface area contributed by atoms with Crippen molar-refractivity contribution in [2.45, 2.75) is 6.61 Å². The summed E-state index contributed by atoms with van der Waals surface area (Å²) in [5, 5.41) is 5.08. The molecule has 0 unspecified atom stereocenters. The van der Waals surface area contributed by atoms with E-state index in [9.17, 15) is 14.4 Å². The summed E-state index contributed by atoms with van der Waals surface area (Å²) in [6.07, 6.45) is 1.38. The van der Waals surface area contributed by atoms with Gasteiger partial charge in [0, 0.05) is 15.6 Å². The van der Waals surface area contributed by atoms with Crippen LogP contribution < -0.4 is 15.4 Å². The smallest absolute Gasteiger partial charge is 0.328 e. The molecule has 27 heavy (non-hydrogen) atoms. The second-order valence-electron chi connectivity index (χ2n) is 5.51. The molecule has 2 N–H and O–H groups in total. The van der Waals surface area contributed by atoms with Gasteiger partial charge in [0.25, 0.3) is 11.8 Å². The molecule has 0 bridgehead atoms. The van der Waals surface area contributed by atoms with Crippen molar-refractivity contribution < 1.29 is 19.1 Å². The zero-order valence-corrected chi connectivity index (χ0v) is 16.6. The fourth-order valence-electron chi connectivity index (χ4n) is 2.29. The fourth-order valence-corrected chi connectivity index (χ4v) is 3.27. The molecule has 6 nitrogen and oxygen atoms in total. The molecule has 0 aliphatic carbocycles. The lowest BCUT2D eigenvalue weighted by Gasteiger charge is -2.14. The number of ether oxygens (including phenoxy) is 1. The largest absolute Gasteiger partial charge is 0.488 e. The average molecular weight is 470 g/mol. The van der Waals surface area contributed by atoms with Gasteiger partial charge in [-0.15, -0.1) is 0 Å². The van der Waals surface area contributed by atoms with E-state index < -0.39 is 17.8 Å². The van der Waals surface area contributed by atoms with Crippen molar-refractivity contribution in [3.8, 4) is 5.75 Å². The van der Waals surface area contributed by atoms with E-state index in [1.807, 2.05) is 10.6 Å². The minimum atomic E-state index is -0.840. The van der Waals surface area contributed by atoms with E-state index in [4.69, 9.17) is 27.9 Å². The van der Waals surface area contributed by atoms with E-state index in [1.54, 1.807) is 36.4 Å². The number of benzene rings is 2. The lowest BCUT2D eigenvalue weighted by molar-refractivity contribution is -0.123. The van der Waals surface area contributed by atoms with Crippen LogP contribution in [-0.2, 0) is 16.2 Å². The summed E-state index contributed by atoms with van der Waals surface area (Å²) in [6.45, 7) is 0.238. The first-order valence-corrected chi connectivity index (χ1v) is 9.13. The Hall–Kier alpha value is -2.35. The highest BCUT2D eigenvalue weighted by Gasteiger charge is 2.27. The molecule has 1 heterocycles. The number of carbonyl (C=O) groups excluding carboxylic acids is 3. The number of nitrogens with one attached hydrogen (secondary N) is 2. The van der Waals surface area contributed by atoms with Gasteiger partial charge in [0.05, 0.1) is 4.47 Å². The number of barbiturate groups is 1. The molecule has 0 aromatic heterocycles. The first-order chi connectivity index (χ1) is 12.8. The highest BCUT2D eigenvalue weighted by Crippen LogP contribution is 2.29. The number of hydrogen-bond acceptors (Lipinski definition) is 4. The minimum absolute atomic E-state index is 0.164. The Morgan fingerprint density at radius 3 is 2.33 bits per heavy atom. The Labute approximate surface area is 172 Å². The molecule has 0 atom stereocenters. The Balaban J connectivity index is 1.76. The predicted octanol–water partition coefficient (Wildman–Crippen LogP) is 4.08. The van der Waals surface area contributed by atoms with Crippen LogP contribution in [0.15, 0.2) is 46.4 Å². The van der Waals surface area contributed by atoms with Gasteiger partial charge in [-0.2, -0.15) is 0 Å². The fraction of sp³-hybridized carbons (Fsp3) is 0.0556. The molecule has 138 valence electrons. The van der Waals surface area contributed by atoms with E-state index >= 15 is 0 Å². The van der Waals surface area contributed by atoms with Crippen LogP contribution in [0.1, 0.15) is 11.1 Å². The van der Waals surface area contributed by atoms with Gasteiger partial charge in [-0.3, -0.25) is 20.2 Å². The molecule has 9 heteroatoms. The van der Waals surface area contributed by atoms with Crippen LogP contribution in [0, 0.1) is 0 Å². The van der Waals surface area contributed by atoms with Crippen molar-refractivity contribution in [2.75, 3.05) is 0 Å². The van der Waals surface area contributed by atoms with E-state index in [0.29, 0.717) is 25.8 Å². The molecule has 1 fully saturated rings. The third-order valence-corrected chi connectivity index (χ3v) is 4.82. The highest BCUT2D eigenvalue weighted by molar-refractivity contribution is 9.10. The van der Waals surface area contributed by atoms with Crippen molar-refractivity contribution in [1.82, 2.24) is 10.6 Å². The standard InChI is InChI=1S/C18H11BrCl2N2O4/c19-13-6-9(5-12-16(24)22-18(26)23-17(12)25)1-4-15(13)27-8-10-2-3-11(20)7-14(10)21/h1-7H,8H2,(H2,22,23,24,25,26). The van der Waals surface area contributed by atoms with Gasteiger partial charge < -0.3 is 4.74 Å². The van der Waals surface area contributed by atoms with Crippen LogP contribution in [0.25, 0.3) is 6.08 Å². The predicted molar refractivity (Wildman–Crippen MR) is 105 cm³/mol. The summed E-state index contributed by atoms with van der Waals surface area (Å²) >= 11 is 15.4. The molecular weight excluding hydrogens is 459 g/mol. The summed E-state index contributed by atoms with van der Waals surface area (Å²) in [5.41, 5.74) is 1.19. The Morgan fingerprint density at radius 2 is 1.70 bits per heavy atom. The van der Waals surface area contributed by atoms with E-state index in [2.05, 4.69) is 15.9 Å². The lowest BCUT2D eigenvalue weighted by atomic mass is 10.1. The Bertz CT molecular complexity index is 969. The first kappa shape index (κ1) is 19.4. The van der Waals surface area contributed by atoms with Crippen LogP contribution in [0.2, 0.25) is 10.0 Å². The van der Waals surface area contributed by atoms with E-state index in [-0.39, 0.29) is 12.2 Å². The van der Waals surface area contributed by atoms with Gasteiger partial charge in [0.2, 0.25) is 0 Å². The highest BCUT2D eigenvalue weighted by atomic mass is 79.9. The minimum Gasteiger partial charge on any atom is -0.488 e. The van der Waals surface area contributed by atoms with Gasteiger partial charge in [0.1, 0.15) is 17.9 Å². The molecule has 1 aliphatic rings. The quantitative estimate of drug-likeness (QED) is 0.521. The zero-order valence-electron chi connectivity index (χ0n) is 13.5. The molecule has 1 aliphatic heterocycles. The van der Waals surface area contributed by atoms with Crippen molar-refractivity contribution >= 4 is 63.1 Å². The van der Waals surface area contributed by atoms with Gasteiger partial charge >= 0.3 is 6.03 Å². The van der Waals surface area contributed by atoms with Crippen molar-refractivity contribution in [3.05, 3.63) is 67.6 Å². The van der Waals surface area contributed by atoms with Crippen LogP contribution in [0.4, 0.5) is 4.79 Å². The van der Waals surface area contributed by atoms with Crippen molar-refractivity contribution in [2.24, 2.45) is 0 Å². The zero-order chi connectivity index (χ0) is 19.6. The summed E-state index contributed by atoms with van der Waals surface area (Å²) in [4.78, 5) is 34.6. The molecule has 0 saturated carbocycles. The molecule has 3 rings (SSSR count). The molecule has 2 aromatic carbocycles. The van der Waals surface area contributed by atoms with E-state index in [0.717, 1.165) is 5.56 Å². The number of rotatable bonds is 4. The van der Waals surface area contributed by atoms with Crippen molar-refractivity contribution in [3.63, 3.8) is 0 Å². The molecular formula is C18H11BrCl2N2O4. The molecule has 0 spiro atoms. The number of halogens is 3. The number of amides is 4. The maximum absolute atomic E-state index is 11.8. The molecule has 2 aromatic rings. The lowest BCUT2D eigenvalue weighted by Crippen LogP contribution is -2.51. The summed E-state index contributed by atoms with van der Waals surface area (Å²) in [7, 11) is 0. The summed E-state index contributed by atoms with van der Waals surface area (Å²) in [5.74, 6) is -0.953. The third kappa shape index (κ3) is 4.68. The normalized spacial score (nSPS) is 13.9. The summed E-state index contributed by atoms with van der Waals surface area (Å²) in [6, 6.07) is 9.34. The third-order valence-electron chi connectivity index (χ3n) is 3.61. The molecule has 4 amide bonds. The van der Waals surface area contributed by atoms with Crippen molar-refractivity contribution in [1.29, 1.82) is 0 Å². The first-order valence-electron chi connectivity index (χ1n) is 7.58. The van der Waals surface area contributed by atoms with Gasteiger partial charge in [-0.05, 0) is 51.8 Å². The monoisotopic (exact) mass is 468 g/mol. The Morgan fingerprint density at radius 1 is 1.00 bits per heavy atom. The Kier molecular flexibility index (Phi) is 5.84. The SMILES string of the molecule is O=C1NC(=O)C(=Cc2ccc(OCc3ccc(Cl)cc3Cl)c(Br)c2)C(=O)N1. The summed E-state index contributed by atoms with van der Waals surface area (Å²) < 4.78 is 6.37. The van der Waals surface area contributed by atoms with Gasteiger partial charge in [-0.25, -0.2) is 4.79 Å². The number of urea groups is 1. The second kappa shape index (κ2) is 8.12. The average Bonchev–Trinajstić information content (AvgIpc) is 2.58. The van der Waals surface area contributed by atoms with Crippen LogP contribution in [0.3, 0.4) is 0 Å². The number of hydrogen-bond donors (Lipinski definition) is 2. The van der Waals surface area contributed by atoms with Crippen LogP contribution >= 0.6 is 39.1 Å².